The molecule has 1 saturated heterocycles. The van der Waals surface area contributed by atoms with Gasteiger partial charge in [-0.05, 0) is 31.2 Å². The molecule has 4 atom stereocenters. The zero-order valence-corrected chi connectivity index (χ0v) is 18.7. The number of ether oxygens (including phenoxy) is 3. The Morgan fingerprint density at radius 2 is 1.69 bits per heavy atom. The minimum atomic E-state index is -1.55. The number of aromatic nitrogens is 4. The predicted molar refractivity (Wildman–Crippen MR) is 122 cm³/mol. The van der Waals surface area contributed by atoms with Crippen molar-refractivity contribution in [3.8, 4) is 0 Å². The van der Waals surface area contributed by atoms with Crippen LogP contribution in [0.25, 0.3) is 11.2 Å². The van der Waals surface area contributed by atoms with Crippen LogP contribution in [0.5, 0.6) is 0 Å². The number of aliphatic hydroxyl groups excluding tert-OH is 1. The molecule has 0 bridgehead atoms. The molecule has 10 heteroatoms. The number of imidazole rings is 1. The molecule has 10 nitrogen and oxygen atoms in total. The first-order chi connectivity index (χ1) is 17.0. The number of hydrogen-bond acceptors (Lipinski definition) is 9. The van der Waals surface area contributed by atoms with E-state index in [9.17, 15) is 14.7 Å². The number of rotatable bonds is 6. The van der Waals surface area contributed by atoms with Gasteiger partial charge in [0.1, 0.15) is 17.9 Å². The van der Waals surface area contributed by atoms with Crippen molar-refractivity contribution in [1.82, 2.24) is 19.5 Å². The number of hydrogen-bond donors (Lipinski definition) is 1. The van der Waals surface area contributed by atoms with Gasteiger partial charge in [-0.25, -0.2) is 24.5 Å². The van der Waals surface area contributed by atoms with Crippen LogP contribution in [0.4, 0.5) is 0 Å². The molecule has 1 aliphatic heterocycles. The van der Waals surface area contributed by atoms with Gasteiger partial charge in [0, 0.05) is 0 Å². The number of benzene rings is 2. The molecule has 0 aliphatic carbocycles. The molecule has 0 spiro atoms. The third kappa shape index (κ3) is 4.13. The first-order valence-electron chi connectivity index (χ1n) is 10.9. The van der Waals surface area contributed by atoms with Gasteiger partial charge >= 0.3 is 11.9 Å². The van der Waals surface area contributed by atoms with Crippen LogP contribution in [0.2, 0.25) is 0 Å². The lowest BCUT2D eigenvalue weighted by molar-refractivity contribution is -0.108. The lowest BCUT2D eigenvalue weighted by atomic mass is 9.95. The molecule has 0 saturated carbocycles. The highest BCUT2D eigenvalue weighted by molar-refractivity contribution is 5.90. The molecule has 2 aromatic carbocycles. The van der Waals surface area contributed by atoms with Crippen LogP contribution in [0, 0.1) is 0 Å². The molecule has 2 aromatic heterocycles. The van der Waals surface area contributed by atoms with E-state index in [1.54, 1.807) is 72.2 Å². The summed E-state index contributed by atoms with van der Waals surface area (Å²) in [4.78, 5) is 38.7. The van der Waals surface area contributed by atoms with Gasteiger partial charge in [0.05, 0.1) is 30.3 Å². The second-order valence-corrected chi connectivity index (χ2v) is 8.22. The summed E-state index contributed by atoms with van der Waals surface area (Å²) in [5.41, 5.74) is -0.00326. The Balaban J connectivity index is 1.56. The minimum absolute atomic E-state index is 0.310. The summed E-state index contributed by atoms with van der Waals surface area (Å²) < 4.78 is 19.5. The van der Waals surface area contributed by atoms with Crippen molar-refractivity contribution >= 4 is 23.1 Å². The summed E-state index contributed by atoms with van der Waals surface area (Å²) in [6.07, 6.45) is 1.24. The van der Waals surface area contributed by atoms with Gasteiger partial charge in [0.2, 0.25) is 0 Å². The third-order valence-electron chi connectivity index (χ3n) is 5.93. The molecular formula is C25H22N4O6. The Hall–Kier alpha value is -4.15. The van der Waals surface area contributed by atoms with Crippen molar-refractivity contribution in [2.75, 3.05) is 6.61 Å². The third-order valence-corrected chi connectivity index (χ3v) is 5.93. The SMILES string of the molecule is C[C@@]1(OC(=O)c2ccccc2)[C@H](OC(=O)c2ccccc2)[C@@H](CO)O[C@H]1n1cnc2cncnc21. The molecule has 3 heterocycles. The standard InChI is InChI=1S/C25H22N4O6/c1-25(35-23(32)17-10-6-3-7-11-17)20(34-22(31)16-8-4-2-5-9-16)19(13-30)33-24(25)29-15-28-18-12-26-14-27-21(18)29/h2-12,14-15,19-20,24,30H,13H2,1H3/t19-,20-,24-,25-/m1/s1. The highest BCUT2D eigenvalue weighted by atomic mass is 16.7. The average molecular weight is 474 g/mol. The lowest BCUT2D eigenvalue weighted by Gasteiger charge is -2.34. The number of esters is 2. The maximum Gasteiger partial charge on any atom is 0.338 e. The second kappa shape index (κ2) is 9.24. The van der Waals surface area contributed by atoms with Crippen LogP contribution in [0.15, 0.2) is 79.5 Å². The van der Waals surface area contributed by atoms with Gasteiger partial charge in [0.15, 0.2) is 23.6 Å². The molecule has 1 aliphatic rings. The molecule has 0 unspecified atom stereocenters. The van der Waals surface area contributed by atoms with Crippen LogP contribution in [0.3, 0.4) is 0 Å². The van der Waals surface area contributed by atoms with E-state index in [1.165, 1.54) is 18.9 Å². The first kappa shape index (κ1) is 22.6. The van der Waals surface area contributed by atoms with Gasteiger partial charge in [0.25, 0.3) is 0 Å². The Labute approximate surface area is 200 Å². The molecular weight excluding hydrogens is 452 g/mol. The lowest BCUT2D eigenvalue weighted by Crippen LogP contribution is -2.50. The van der Waals surface area contributed by atoms with Crippen molar-refractivity contribution in [2.24, 2.45) is 0 Å². The number of fused-ring (bicyclic) bond motifs is 1. The maximum atomic E-state index is 13.1. The van der Waals surface area contributed by atoms with E-state index < -0.39 is 42.6 Å². The van der Waals surface area contributed by atoms with Gasteiger partial charge < -0.3 is 19.3 Å². The van der Waals surface area contributed by atoms with Crippen molar-refractivity contribution in [3.05, 3.63) is 90.6 Å². The Bertz CT molecular complexity index is 1350. The molecule has 1 fully saturated rings. The van der Waals surface area contributed by atoms with Crippen LogP contribution in [-0.4, -0.2) is 61.0 Å². The molecule has 4 aromatic rings. The topological polar surface area (TPSA) is 126 Å². The highest BCUT2D eigenvalue weighted by Crippen LogP contribution is 2.44. The smallest absolute Gasteiger partial charge is 0.338 e. The fraction of sp³-hybridized carbons (Fsp3) is 0.240. The van der Waals surface area contributed by atoms with Crippen LogP contribution >= 0.6 is 0 Å². The average Bonchev–Trinajstić information content (AvgIpc) is 3.43. The normalized spacial score (nSPS) is 23.8. The van der Waals surface area contributed by atoms with E-state index in [2.05, 4.69) is 15.0 Å². The summed E-state index contributed by atoms with van der Waals surface area (Å²) in [5.74, 6) is -1.28. The fourth-order valence-corrected chi connectivity index (χ4v) is 4.21. The van der Waals surface area contributed by atoms with E-state index >= 15 is 0 Å². The van der Waals surface area contributed by atoms with Gasteiger partial charge in [-0.15, -0.1) is 0 Å². The quantitative estimate of drug-likeness (QED) is 0.420. The molecule has 0 amide bonds. The summed E-state index contributed by atoms with van der Waals surface area (Å²) in [6, 6.07) is 16.9. The molecule has 1 N–H and O–H groups in total. The molecule has 178 valence electrons. The van der Waals surface area contributed by atoms with Crippen LogP contribution in [-0.2, 0) is 14.2 Å². The van der Waals surface area contributed by atoms with E-state index in [4.69, 9.17) is 14.2 Å². The first-order valence-corrected chi connectivity index (χ1v) is 10.9. The summed E-state index contributed by atoms with van der Waals surface area (Å²) in [7, 11) is 0. The highest BCUT2D eigenvalue weighted by Gasteiger charge is 2.60. The number of aliphatic hydroxyl groups is 1. The van der Waals surface area contributed by atoms with Gasteiger partial charge in [-0.1, -0.05) is 36.4 Å². The van der Waals surface area contributed by atoms with Crippen molar-refractivity contribution in [2.45, 2.75) is 31.0 Å². The zero-order chi connectivity index (χ0) is 24.4. The Morgan fingerprint density at radius 3 is 2.34 bits per heavy atom. The maximum absolute atomic E-state index is 13.1. The second-order valence-electron chi connectivity index (χ2n) is 8.22. The fourth-order valence-electron chi connectivity index (χ4n) is 4.21. The minimum Gasteiger partial charge on any atom is -0.451 e. The monoisotopic (exact) mass is 474 g/mol. The van der Waals surface area contributed by atoms with E-state index in [1.807, 2.05) is 0 Å². The van der Waals surface area contributed by atoms with Crippen LogP contribution < -0.4 is 0 Å². The Kier molecular flexibility index (Phi) is 5.98. The van der Waals surface area contributed by atoms with E-state index in [0.717, 1.165) is 0 Å². The molecule has 0 radical (unpaired) electrons. The summed E-state index contributed by atoms with van der Waals surface area (Å²) in [5, 5.41) is 10.1. The summed E-state index contributed by atoms with van der Waals surface area (Å²) >= 11 is 0. The number of nitrogens with zero attached hydrogens (tertiary/aromatic N) is 4. The number of carbonyl (C=O) groups excluding carboxylic acids is 2. The summed E-state index contributed by atoms with van der Waals surface area (Å²) in [6.45, 7) is 1.12. The van der Waals surface area contributed by atoms with Crippen molar-refractivity contribution < 1.29 is 28.9 Å². The predicted octanol–water partition coefficient (Wildman–Crippen LogP) is 2.56. The van der Waals surface area contributed by atoms with E-state index in [0.29, 0.717) is 22.3 Å². The molecule has 5 rings (SSSR count). The Morgan fingerprint density at radius 1 is 1.03 bits per heavy atom. The largest absolute Gasteiger partial charge is 0.451 e. The zero-order valence-electron chi connectivity index (χ0n) is 18.7. The number of carbonyl (C=O) groups is 2. The van der Waals surface area contributed by atoms with E-state index in [-0.39, 0.29) is 0 Å². The van der Waals surface area contributed by atoms with Crippen LogP contribution in [0.1, 0.15) is 33.9 Å². The van der Waals surface area contributed by atoms with Crippen molar-refractivity contribution in [3.63, 3.8) is 0 Å². The van der Waals surface area contributed by atoms with Crippen molar-refractivity contribution in [1.29, 1.82) is 0 Å². The van der Waals surface area contributed by atoms with Gasteiger partial charge in [-0.2, -0.15) is 0 Å². The molecule has 35 heavy (non-hydrogen) atoms. The van der Waals surface area contributed by atoms with Gasteiger partial charge in [-0.3, -0.25) is 4.57 Å².